The Hall–Kier alpha value is -1.30. The minimum absolute atomic E-state index is 0.210. The fraction of sp³-hybridized carbons (Fsp3) is 0.412. The lowest BCUT2D eigenvalue weighted by atomic mass is 9.96. The third kappa shape index (κ3) is 4.16. The molecule has 1 aliphatic heterocycles. The number of hydrogen-bond donors (Lipinski definition) is 1. The third-order valence-corrected chi connectivity index (χ3v) is 5.34. The van der Waals surface area contributed by atoms with Gasteiger partial charge in [-0.1, -0.05) is 43.0 Å². The molecule has 1 aliphatic carbocycles. The van der Waals surface area contributed by atoms with Gasteiger partial charge in [-0.15, -0.1) is 0 Å². The van der Waals surface area contributed by atoms with Crippen molar-refractivity contribution in [2.75, 3.05) is 6.67 Å². The summed E-state index contributed by atoms with van der Waals surface area (Å²) in [4.78, 5) is 26.2. The van der Waals surface area contributed by atoms with E-state index in [9.17, 15) is 9.59 Å². The molecule has 0 bridgehead atoms. The molecule has 3 rings (SSSR count). The summed E-state index contributed by atoms with van der Waals surface area (Å²) in [6.07, 6.45) is 7.70. The smallest absolute Gasteiger partial charge is 0.294 e. The van der Waals surface area contributed by atoms with E-state index in [1.807, 2.05) is 12.1 Å². The molecular weight excluding hydrogens is 332 g/mol. The van der Waals surface area contributed by atoms with Crippen molar-refractivity contribution in [2.24, 2.45) is 0 Å². The van der Waals surface area contributed by atoms with Crippen LogP contribution in [0.15, 0.2) is 29.2 Å². The number of halogens is 1. The predicted molar refractivity (Wildman–Crippen MR) is 94.1 cm³/mol. The van der Waals surface area contributed by atoms with E-state index in [4.69, 9.17) is 11.6 Å². The molecule has 2 fully saturated rings. The summed E-state index contributed by atoms with van der Waals surface area (Å²) in [7, 11) is 0. The average molecular weight is 351 g/mol. The Morgan fingerprint density at radius 3 is 2.57 bits per heavy atom. The Labute approximate surface area is 145 Å². The van der Waals surface area contributed by atoms with Crippen LogP contribution < -0.4 is 5.32 Å². The van der Waals surface area contributed by atoms with Gasteiger partial charge in [-0.2, -0.15) is 0 Å². The molecular formula is C17H19ClN2O2S. The van der Waals surface area contributed by atoms with Gasteiger partial charge in [-0.05, 0) is 48.4 Å². The Morgan fingerprint density at radius 1 is 1.17 bits per heavy atom. The number of nitrogens with one attached hydrogen (secondary N) is 1. The Bertz CT molecular complexity index is 624. The molecule has 122 valence electrons. The van der Waals surface area contributed by atoms with Gasteiger partial charge in [0.1, 0.15) is 0 Å². The first-order valence-corrected chi connectivity index (χ1v) is 9.07. The average Bonchev–Trinajstić information content (AvgIpc) is 2.82. The monoisotopic (exact) mass is 350 g/mol. The number of imide groups is 1. The molecule has 1 N–H and O–H groups in total. The van der Waals surface area contributed by atoms with Crippen molar-refractivity contribution < 1.29 is 9.59 Å². The summed E-state index contributed by atoms with van der Waals surface area (Å²) in [6.45, 7) is 0.299. The van der Waals surface area contributed by atoms with Crippen LogP contribution in [0.1, 0.15) is 37.7 Å². The number of amides is 2. The first-order valence-electron chi connectivity index (χ1n) is 7.88. The summed E-state index contributed by atoms with van der Waals surface area (Å²) < 4.78 is 0. The molecule has 0 aromatic heterocycles. The second-order valence-electron chi connectivity index (χ2n) is 5.86. The second-order valence-corrected chi connectivity index (χ2v) is 7.29. The number of rotatable bonds is 4. The number of benzene rings is 1. The maximum absolute atomic E-state index is 12.4. The highest BCUT2D eigenvalue weighted by atomic mass is 35.5. The summed E-state index contributed by atoms with van der Waals surface area (Å²) in [5.41, 5.74) is 0.861. The highest BCUT2D eigenvalue weighted by molar-refractivity contribution is 8.18. The number of nitrogens with zero attached hydrogens (tertiary/aromatic N) is 1. The molecule has 1 aromatic rings. The van der Waals surface area contributed by atoms with Crippen LogP contribution in [0.25, 0.3) is 6.08 Å². The van der Waals surface area contributed by atoms with Crippen molar-refractivity contribution in [1.29, 1.82) is 0 Å². The maximum Gasteiger partial charge on any atom is 0.294 e. The summed E-state index contributed by atoms with van der Waals surface area (Å²) >= 11 is 6.85. The summed E-state index contributed by atoms with van der Waals surface area (Å²) in [6, 6.07) is 7.61. The van der Waals surface area contributed by atoms with Gasteiger partial charge in [-0.25, -0.2) is 0 Å². The summed E-state index contributed by atoms with van der Waals surface area (Å²) in [5, 5.41) is 3.78. The van der Waals surface area contributed by atoms with Gasteiger partial charge in [0.15, 0.2) is 0 Å². The van der Waals surface area contributed by atoms with Crippen molar-refractivity contribution in [3.63, 3.8) is 0 Å². The molecule has 23 heavy (non-hydrogen) atoms. The van der Waals surface area contributed by atoms with Gasteiger partial charge in [0.2, 0.25) is 0 Å². The van der Waals surface area contributed by atoms with E-state index in [2.05, 4.69) is 5.32 Å². The van der Waals surface area contributed by atoms with Crippen LogP contribution in [0.5, 0.6) is 0 Å². The topological polar surface area (TPSA) is 49.4 Å². The first-order chi connectivity index (χ1) is 11.1. The standard InChI is InChI=1S/C17H19ClN2O2S/c18-13-8-6-12(7-9-13)10-15-16(21)20(17(22)23-15)11-19-14-4-2-1-3-5-14/h6-10,14,19H,1-5,11H2/b15-10+. The zero-order valence-corrected chi connectivity index (χ0v) is 14.3. The zero-order chi connectivity index (χ0) is 16.2. The number of carbonyl (C=O) groups excluding carboxylic acids is 2. The summed E-state index contributed by atoms with van der Waals surface area (Å²) in [5.74, 6) is -0.224. The largest absolute Gasteiger partial charge is 0.297 e. The van der Waals surface area contributed by atoms with Crippen molar-refractivity contribution in [3.05, 3.63) is 39.8 Å². The van der Waals surface area contributed by atoms with Crippen LogP contribution >= 0.6 is 23.4 Å². The molecule has 1 heterocycles. The Morgan fingerprint density at radius 2 is 1.87 bits per heavy atom. The van der Waals surface area contributed by atoms with Crippen LogP contribution in [-0.2, 0) is 4.79 Å². The number of carbonyl (C=O) groups is 2. The molecule has 6 heteroatoms. The number of hydrogen-bond acceptors (Lipinski definition) is 4. The van der Waals surface area contributed by atoms with E-state index in [1.54, 1.807) is 18.2 Å². The predicted octanol–water partition coefficient (Wildman–Crippen LogP) is 4.26. The van der Waals surface area contributed by atoms with Crippen LogP contribution in [0.4, 0.5) is 4.79 Å². The SMILES string of the molecule is O=C1S/C(=C/c2ccc(Cl)cc2)C(=O)N1CNC1CCCCC1. The Balaban J connectivity index is 1.63. The van der Waals surface area contributed by atoms with Crippen molar-refractivity contribution in [3.8, 4) is 0 Å². The third-order valence-electron chi connectivity index (χ3n) is 4.18. The minimum Gasteiger partial charge on any atom is -0.297 e. The van der Waals surface area contributed by atoms with Gasteiger partial charge in [0.05, 0.1) is 11.6 Å². The van der Waals surface area contributed by atoms with Crippen molar-refractivity contribution in [2.45, 2.75) is 38.1 Å². The molecule has 2 amide bonds. The van der Waals surface area contributed by atoms with Crippen molar-refractivity contribution in [1.82, 2.24) is 10.2 Å². The molecule has 0 spiro atoms. The highest BCUT2D eigenvalue weighted by Crippen LogP contribution is 2.32. The van der Waals surface area contributed by atoms with Gasteiger partial charge in [-0.3, -0.25) is 19.8 Å². The minimum atomic E-state index is -0.224. The Kier molecular flexibility index (Phi) is 5.41. The van der Waals surface area contributed by atoms with Crippen LogP contribution in [0.2, 0.25) is 5.02 Å². The molecule has 1 saturated heterocycles. The highest BCUT2D eigenvalue weighted by Gasteiger charge is 2.35. The normalized spacial score (nSPS) is 21.4. The van der Waals surface area contributed by atoms with E-state index < -0.39 is 0 Å². The first kappa shape index (κ1) is 16.6. The van der Waals surface area contributed by atoms with Gasteiger partial charge in [0, 0.05) is 11.1 Å². The number of thioether (sulfide) groups is 1. The van der Waals surface area contributed by atoms with Crippen LogP contribution in [0, 0.1) is 0 Å². The zero-order valence-electron chi connectivity index (χ0n) is 12.8. The lowest BCUT2D eigenvalue weighted by Gasteiger charge is -2.24. The van der Waals surface area contributed by atoms with E-state index >= 15 is 0 Å². The van der Waals surface area contributed by atoms with Crippen LogP contribution in [0.3, 0.4) is 0 Å². The molecule has 0 unspecified atom stereocenters. The van der Waals surface area contributed by atoms with E-state index in [-0.39, 0.29) is 11.1 Å². The van der Waals surface area contributed by atoms with E-state index in [0.717, 1.165) is 30.2 Å². The van der Waals surface area contributed by atoms with Crippen LogP contribution in [-0.4, -0.2) is 28.8 Å². The molecule has 1 saturated carbocycles. The van der Waals surface area contributed by atoms with E-state index in [0.29, 0.717) is 22.6 Å². The quantitative estimate of drug-likeness (QED) is 0.824. The lowest BCUT2D eigenvalue weighted by molar-refractivity contribution is -0.123. The maximum atomic E-state index is 12.4. The molecule has 1 aromatic carbocycles. The fourth-order valence-corrected chi connectivity index (χ4v) is 3.84. The van der Waals surface area contributed by atoms with Gasteiger partial charge < -0.3 is 0 Å². The fourth-order valence-electron chi connectivity index (χ4n) is 2.87. The second kappa shape index (κ2) is 7.51. The van der Waals surface area contributed by atoms with Gasteiger partial charge >= 0.3 is 0 Å². The van der Waals surface area contributed by atoms with Crippen molar-refractivity contribution >= 4 is 40.6 Å². The lowest BCUT2D eigenvalue weighted by Crippen LogP contribution is -2.42. The molecule has 4 nitrogen and oxygen atoms in total. The molecule has 0 radical (unpaired) electrons. The molecule has 2 aliphatic rings. The molecule has 0 atom stereocenters. The van der Waals surface area contributed by atoms with Gasteiger partial charge in [0.25, 0.3) is 11.1 Å². The van der Waals surface area contributed by atoms with E-state index in [1.165, 1.54) is 24.2 Å².